The summed E-state index contributed by atoms with van der Waals surface area (Å²) in [5.41, 5.74) is 2.26. The molecule has 1 N–H and O–H groups in total. The van der Waals surface area contributed by atoms with Crippen LogP contribution in [-0.2, 0) is 32.0 Å². The molecule has 1 unspecified atom stereocenters. The number of nitrogens with zero attached hydrogens (tertiary/aromatic N) is 1. The highest BCUT2D eigenvalue weighted by atomic mass is 16.5. The van der Waals surface area contributed by atoms with Gasteiger partial charge in [-0.25, -0.2) is 0 Å². The summed E-state index contributed by atoms with van der Waals surface area (Å²) >= 11 is 0. The fraction of sp³-hybridized carbons (Fsp3) is 0.375. The van der Waals surface area contributed by atoms with Crippen LogP contribution in [0.3, 0.4) is 0 Å². The third kappa shape index (κ3) is 6.44. The van der Waals surface area contributed by atoms with E-state index in [0.717, 1.165) is 12.0 Å². The number of piperazine rings is 1. The normalized spacial score (nSPS) is 16.1. The molecule has 30 heavy (non-hydrogen) atoms. The van der Waals surface area contributed by atoms with Crippen LogP contribution in [0.15, 0.2) is 60.7 Å². The van der Waals surface area contributed by atoms with Gasteiger partial charge in [0.15, 0.2) is 0 Å². The summed E-state index contributed by atoms with van der Waals surface area (Å²) in [5, 5.41) is 2.75. The zero-order chi connectivity index (χ0) is 21.2. The van der Waals surface area contributed by atoms with Crippen LogP contribution in [0.1, 0.15) is 30.4 Å². The van der Waals surface area contributed by atoms with Crippen molar-refractivity contribution in [3.63, 3.8) is 0 Å². The van der Waals surface area contributed by atoms with Gasteiger partial charge in [-0.05, 0) is 24.0 Å². The minimum atomic E-state index is -0.799. The van der Waals surface area contributed by atoms with Crippen LogP contribution in [0.4, 0.5) is 0 Å². The summed E-state index contributed by atoms with van der Waals surface area (Å²) in [6.45, 7) is 1.07. The molecule has 1 atom stereocenters. The summed E-state index contributed by atoms with van der Waals surface area (Å²) in [5.74, 6) is -0.851. The first-order chi connectivity index (χ1) is 14.6. The van der Waals surface area contributed by atoms with Gasteiger partial charge in [-0.15, -0.1) is 0 Å². The Morgan fingerprint density at radius 2 is 1.60 bits per heavy atom. The molecule has 2 amide bonds. The van der Waals surface area contributed by atoms with Gasteiger partial charge in [0.2, 0.25) is 11.8 Å². The molecule has 0 aromatic heterocycles. The summed E-state index contributed by atoms with van der Waals surface area (Å²) in [4.78, 5) is 38.8. The van der Waals surface area contributed by atoms with E-state index >= 15 is 0 Å². The summed E-state index contributed by atoms with van der Waals surface area (Å²) < 4.78 is 5.31. The molecule has 0 saturated carbocycles. The third-order valence-corrected chi connectivity index (χ3v) is 5.21. The Balaban J connectivity index is 1.47. The van der Waals surface area contributed by atoms with Crippen LogP contribution in [0, 0.1) is 0 Å². The van der Waals surface area contributed by atoms with Crippen molar-refractivity contribution in [2.24, 2.45) is 0 Å². The number of amides is 2. The molecule has 0 radical (unpaired) electrons. The Bertz CT molecular complexity index is 839. The number of hydrogen-bond donors (Lipinski definition) is 1. The van der Waals surface area contributed by atoms with E-state index in [1.165, 1.54) is 10.5 Å². The predicted octanol–water partition coefficient (Wildman–Crippen LogP) is 2.51. The number of esters is 1. The number of carbonyl (C=O) groups is 3. The molecule has 1 aliphatic heterocycles. The van der Waals surface area contributed by atoms with Gasteiger partial charge in [0, 0.05) is 25.9 Å². The first-order valence-electron chi connectivity index (χ1n) is 10.4. The largest absolute Gasteiger partial charge is 0.465 e. The monoisotopic (exact) mass is 408 g/mol. The first-order valence-corrected chi connectivity index (χ1v) is 10.4. The fourth-order valence-corrected chi connectivity index (χ4v) is 3.59. The molecule has 1 fully saturated rings. The molecular weight excluding hydrogens is 380 g/mol. The molecule has 158 valence electrons. The summed E-state index contributed by atoms with van der Waals surface area (Å²) in [7, 11) is 0. The highest BCUT2D eigenvalue weighted by molar-refractivity contribution is 5.91. The van der Waals surface area contributed by atoms with E-state index in [9.17, 15) is 14.4 Å². The molecule has 6 nitrogen and oxygen atoms in total. The lowest BCUT2D eigenvalue weighted by molar-refractivity contribution is -0.151. The Labute approximate surface area is 177 Å². The van der Waals surface area contributed by atoms with Crippen molar-refractivity contribution in [3.8, 4) is 0 Å². The molecular formula is C24H28N2O4. The van der Waals surface area contributed by atoms with E-state index in [0.29, 0.717) is 32.4 Å². The van der Waals surface area contributed by atoms with E-state index in [2.05, 4.69) is 5.32 Å². The molecule has 1 heterocycles. The van der Waals surface area contributed by atoms with E-state index in [1.807, 2.05) is 60.7 Å². The first kappa shape index (κ1) is 21.6. The molecule has 3 rings (SSSR count). The maximum absolute atomic E-state index is 12.7. The molecule has 2 aromatic rings. The average Bonchev–Trinajstić information content (AvgIpc) is 2.76. The van der Waals surface area contributed by atoms with E-state index in [1.54, 1.807) is 0 Å². The number of benzene rings is 2. The molecule has 0 bridgehead atoms. The number of rotatable bonds is 9. The van der Waals surface area contributed by atoms with E-state index in [-0.39, 0.29) is 24.8 Å². The van der Waals surface area contributed by atoms with Crippen molar-refractivity contribution < 1.29 is 19.1 Å². The molecule has 1 saturated heterocycles. The number of aryl methyl sites for hydroxylation is 1. The second kappa shape index (κ2) is 11.1. The lowest BCUT2D eigenvalue weighted by Crippen LogP contribution is -2.57. The zero-order valence-electron chi connectivity index (χ0n) is 17.1. The van der Waals surface area contributed by atoms with Crippen molar-refractivity contribution in [2.75, 3.05) is 19.7 Å². The van der Waals surface area contributed by atoms with Gasteiger partial charge in [-0.1, -0.05) is 60.7 Å². The Morgan fingerprint density at radius 3 is 2.27 bits per heavy atom. The van der Waals surface area contributed by atoms with Gasteiger partial charge in [0.1, 0.15) is 6.04 Å². The van der Waals surface area contributed by atoms with Crippen molar-refractivity contribution >= 4 is 17.8 Å². The smallest absolute Gasteiger partial charge is 0.308 e. The van der Waals surface area contributed by atoms with Crippen LogP contribution >= 0.6 is 0 Å². The van der Waals surface area contributed by atoms with Crippen molar-refractivity contribution in [1.82, 2.24) is 10.2 Å². The SMILES string of the molecule is O=C(CC1C(=O)NCCN1C(=O)CCCc1ccccc1)OCCc1ccccc1. The van der Waals surface area contributed by atoms with Crippen LogP contribution < -0.4 is 5.32 Å². The Morgan fingerprint density at radius 1 is 0.967 bits per heavy atom. The number of carbonyl (C=O) groups excluding carboxylic acids is 3. The second-order valence-electron chi connectivity index (χ2n) is 7.39. The predicted molar refractivity (Wildman–Crippen MR) is 114 cm³/mol. The lowest BCUT2D eigenvalue weighted by Gasteiger charge is -2.34. The molecule has 1 aliphatic rings. The number of hydrogen-bond acceptors (Lipinski definition) is 4. The number of ether oxygens (including phenoxy) is 1. The van der Waals surface area contributed by atoms with Crippen molar-refractivity contribution in [3.05, 3.63) is 71.8 Å². The van der Waals surface area contributed by atoms with Gasteiger partial charge in [0.05, 0.1) is 13.0 Å². The van der Waals surface area contributed by atoms with Gasteiger partial charge >= 0.3 is 5.97 Å². The standard InChI is InChI=1S/C24H28N2O4/c27-22(13-7-12-19-8-3-1-4-9-19)26-16-15-25-24(29)21(26)18-23(28)30-17-14-20-10-5-2-6-11-20/h1-6,8-11,21H,7,12-18H2,(H,25,29). The molecule has 6 heteroatoms. The third-order valence-electron chi connectivity index (χ3n) is 5.21. The van der Waals surface area contributed by atoms with Gasteiger partial charge in [0.25, 0.3) is 0 Å². The summed E-state index contributed by atoms with van der Waals surface area (Å²) in [6, 6.07) is 18.9. The van der Waals surface area contributed by atoms with Crippen LogP contribution in [0.25, 0.3) is 0 Å². The molecule has 0 spiro atoms. The highest BCUT2D eigenvalue weighted by Gasteiger charge is 2.34. The maximum Gasteiger partial charge on any atom is 0.308 e. The highest BCUT2D eigenvalue weighted by Crippen LogP contribution is 2.14. The maximum atomic E-state index is 12.7. The Hall–Kier alpha value is -3.15. The lowest BCUT2D eigenvalue weighted by atomic mass is 10.1. The quantitative estimate of drug-likeness (QED) is 0.647. The number of nitrogens with one attached hydrogen (secondary N) is 1. The molecule has 0 aliphatic carbocycles. The zero-order valence-corrected chi connectivity index (χ0v) is 17.1. The van der Waals surface area contributed by atoms with Gasteiger partial charge < -0.3 is 15.0 Å². The second-order valence-corrected chi connectivity index (χ2v) is 7.39. The summed E-state index contributed by atoms with van der Waals surface area (Å²) in [6.07, 6.45) is 2.35. The van der Waals surface area contributed by atoms with Gasteiger partial charge in [-0.3, -0.25) is 14.4 Å². The van der Waals surface area contributed by atoms with Crippen molar-refractivity contribution in [1.29, 1.82) is 0 Å². The van der Waals surface area contributed by atoms with Crippen molar-refractivity contribution in [2.45, 2.75) is 38.1 Å². The minimum absolute atomic E-state index is 0.0946. The fourth-order valence-electron chi connectivity index (χ4n) is 3.59. The van der Waals surface area contributed by atoms with Gasteiger partial charge in [-0.2, -0.15) is 0 Å². The van der Waals surface area contributed by atoms with Crippen LogP contribution in [0.2, 0.25) is 0 Å². The van der Waals surface area contributed by atoms with Crippen LogP contribution in [-0.4, -0.2) is 48.4 Å². The molecule has 2 aromatic carbocycles. The van der Waals surface area contributed by atoms with E-state index < -0.39 is 12.0 Å². The average molecular weight is 408 g/mol. The van der Waals surface area contributed by atoms with Crippen LogP contribution in [0.5, 0.6) is 0 Å². The Kier molecular flexibility index (Phi) is 8.01. The topological polar surface area (TPSA) is 75.7 Å². The minimum Gasteiger partial charge on any atom is -0.465 e. The van der Waals surface area contributed by atoms with E-state index in [4.69, 9.17) is 4.74 Å².